The quantitative estimate of drug-likeness (QED) is 0.854. The summed E-state index contributed by atoms with van der Waals surface area (Å²) < 4.78 is 1.94. The van der Waals surface area contributed by atoms with Gasteiger partial charge in [0.1, 0.15) is 5.82 Å². The molecule has 2 amide bonds. The van der Waals surface area contributed by atoms with E-state index in [1.54, 1.807) is 18.3 Å². The molecule has 136 valence electrons. The van der Waals surface area contributed by atoms with Crippen molar-refractivity contribution in [3.05, 3.63) is 36.0 Å². The fraction of sp³-hybridized carbons (Fsp3) is 0.421. The van der Waals surface area contributed by atoms with Gasteiger partial charge in [0, 0.05) is 16.5 Å². The number of thioether (sulfide) groups is 1. The molecule has 0 radical (unpaired) electrons. The number of hydrogen-bond donors (Lipinski definition) is 2. The van der Waals surface area contributed by atoms with Crippen LogP contribution in [0.15, 0.2) is 35.4 Å². The van der Waals surface area contributed by atoms with E-state index < -0.39 is 0 Å². The summed E-state index contributed by atoms with van der Waals surface area (Å²) >= 11 is 1.51. The van der Waals surface area contributed by atoms with Crippen LogP contribution in [0.5, 0.6) is 0 Å². The number of carbonyl (C=O) groups is 2. The van der Waals surface area contributed by atoms with Crippen LogP contribution < -0.4 is 10.6 Å². The Labute approximate surface area is 156 Å². The maximum Gasteiger partial charge on any atom is 0.256 e. The summed E-state index contributed by atoms with van der Waals surface area (Å²) in [6.45, 7) is 1.87. The average molecular weight is 370 g/mol. The van der Waals surface area contributed by atoms with Crippen LogP contribution in [0.2, 0.25) is 0 Å². The molecule has 6 nitrogen and oxygen atoms in total. The highest BCUT2D eigenvalue weighted by molar-refractivity contribution is 8.00. The standard InChI is InChI=1S/C19H22N4O2S/c1-12-18(24)21-15-11-13(7-8-16(15)26-12)19(25)22-17-9-10-20-23(17)14-5-3-2-4-6-14/h7-12,14H,2-6H2,1H3,(H,21,24)(H,22,25)/t12-/m0/s1. The van der Waals surface area contributed by atoms with Gasteiger partial charge in [0.05, 0.1) is 23.2 Å². The van der Waals surface area contributed by atoms with Crippen molar-refractivity contribution in [2.75, 3.05) is 10.6 Å². The molecular formula is C19H22N4O2S. The smallest absolute Gasteiger partial charge is 0.256 e. The van der Waals surface area contributed by atoms with Gasteiger partial charge >= 0.3 is 0 Å². The van der Waals surface area contributed by atoms with Crippen LogP contribution in [0.1, 0.15) is 55.4 Å². The van der Waals surface area contributed by atoms with E-state index in [1.807, 2.05) is 23.7 Å². The number of amides is 2. The van der Waals surface area contributed by atoms with Crippen LogP contribution in [0, 0.1) is 0 Å². The zero-order valence-electron chi connectivity index (χ0n) is 14.7. The minimum Gasteiger partial charge on any atom is -0.324 e. The summed E-state index contributed by atoms with van der Waals surface area (Å²) in [5.74, 6) is 0.505. The molecule has 0 unspecified atom stereocenters. The first kappa shape index (κ1) is 17.1. The molecule has 1 aliphatic heterocycles. The second-order valence-electron chi connectivity index (χ2n) is 6.87. The fourth-order valence-electron chi connectivity index (χ4n) is 3.57. The molecule has 1 fully saturated rings. The number of anilines is 2. The topological polar surface area (TPSA) is 76.0 Å². The molecule has 7 heteroatoms. The van der Waals surface area contributed by atoms with Gasteiger partial charge in [-0.05, 0) is 38.0 Å². The molecule has 1 aromatic heterocycles. The second kappa shape index (κ2) is 7.15. The van der Waals surface area contributed by atoms with Crippen LogP contribution in [0.4, 0.5) is 11.5 Å². The number of carbonyl (C=O) groups excluding carboxylic acids is 2. The lowest BCUT2D eigenvalue weighted by Crippen LogP contribution is -2.27. The third kappa shape index (κ3) is 3.35. The Morgan fingerprint density at radius 1 is 1.27 bits per heavy atom. The Balaban J connectivity index is 1.52. The summed E-state index contributed by atoms with van der Waals surface area (Å²) in [4.78, 5) is 25.6. The lowest BCUT2D eigenvalue weighted by Gasteiger charge is -2.24. The van der Waals surface area contributed by atoms with E-state index in [9.17, 15) is 9.59 Å². The second-order valence-corrected chi connectivity index (χ2v) is 8.25. The Morgan fingerprint density at radius 2 is 2.08 bits per heavy atom. The van der Waals surface area contributed by atoms with Gasteiger partial charge < -0.3 is 10.6 Å². The van der Waals surface area contributed by atoms with E-state index >= 15 is 0 Å². The van der Waals surface area contributed by atoms with Gasteiger partial charge in [-0.2, -0.15) is 5.10 Å². The molecule has 2 heterocycles. The van der Waals surface area contributed by atoms with Crippen molar-refractivity contribution in [1.82, 2.24) is 9.78 Å². The Kier molecular flexibility index (Phi) is 4.72. The largest absolute Gasteiger partial charge is 0.324 e. The molecule has 2 N–H and O–H groups in total. The van der Waals surface area contributed by atoms with Gasteiger partial charge in [0.25, 0.3) is 5.91 Å². The van der Waals surface area contributed by atoms with Gasteiger partial charge in [-0.25, -0.2) is 4.68 Å². The van der Waals surface area contributed by atoms with Crippen molar-refractivity contribution in [2.24, 2.45) is 0 Å². The van der Waals surface area contributed by atoms with E-state index in [4.69, 9.17) is 0 Å². The van der Waals surface area contributed by atoms with Gasteiger partial charge in [0.15, 0.2) is 0 Å². The number of nitrogens with one attached hydrogen (secondary N) is 2. The van der Waals surface area contributed by atoms with E-state index in [-0.39, 0.29) is 17.1 Å². The van der Waals surface area contributed by atoms with Gasteiger partial charge in [0.2, 0.25) is 5.91 Å². The van der Waals surface area contributed by atoms with E-state index in [0.29, 0.717) is 17.3 Å². The van der Waals surface area contributed by atoms with E-state index in [0.717, 1.165) is 23.6 Å². The lowest BCUT2D eigenvalue weighted by molar-refractivity contribution is -0.115. The van der Waals surface area contributed by atoms with Crippen molar-refractivity contribution in [3.8, 4) is 0 Å². The number of fused-ring (bicyclic) bond motifs is 1. The highest BCUT2D eigenvalue weighted by atomic mass is 32.2. The number of benzene rings is 1. The SMILES string of the molecule is C[C@@H]1Sc2ccc(C(=O)Nc3ccnn3C3CCCCC3)cc2NC1=O. The van der Waals surface area contributed by atoms with Crippen LogP contribution in [-0.2, 0) is 4.79 Å². The molecule has 2 aromatic rings. The fourth-order valence-corrected chi connectivity index (χ4v) is 4.50. The highest BCUT2D eigenvalue weighted by Gasteiger charge is 2.24. The molecule has 0 bridgehead atoms. The van der Waals surface area contributed by atoms with Crippen LogP contribution in [0.25, 0.3) is 0 Å². The highest BCUT2D eigenvalue weighted by Crippen LogP contribution is 2.36. The normalized spacial score (nSPS) is 20.3. The molecule has 0 spiro atoms. The summed E-state index contributed by atoms with van der Waals surface area (Å²) in [6.07, 6.45) is 7.62. The first-order valence-corrected chi connectivity index (χ1v) is 9.96. The van der Waals surface area contributed by atoms with Crippen LogP contribution in [0.3, 0.4) is 0 Å². The lowest BCUT2D eigenvalue weighted by atomic mass is 9.96. The zero-order chi connectivity index (χ0) is 18.1. The summed E-state index contributed by atoms with van der Waals surface area (Å²) in [7, 11) is 0. The number of aromatic nitrogens is 2. The molecule has 1 atom stereocenters. The maximum absolute atomic E-state index is 12.7. The third-order valence-corrected chi connectivity index (χ3v) is 6.18. The van der Waals surface area contributed by atoms with Gasteiger partial charge in [-0.3, -0.25) is 9.59 Å². The predicted molar refractivity (Wildman–Crippen MR) is 103 cm³/mol. The van der Waals surface area contributed by atoms with Crippen molar-refractivity contribution in [1.29, 1.82) is 0 Å². The predicted octanol–water partition coefficient (Wildman–Crippen LogP) is 4.07. The van der Waals surface area contributed by atoms with Crippen molar-refractivity contribution in [2.45, 2.75) is 55.2 Å². The molecular weight excluding hydrogens is 348 g/mol. The Hall–Kier alpha value is -2.28. The van der Waals surface area contributed by atoms with Gasteiger partial charge in [-0.1, -0.05) is 19.3 Å². The summed E-state index contributed by atoms with van der Waals surface area (Å²) in [5, 5.41) is 10.1. The summed E-state index contributed by atoms with van der Waals surface area (Å²) in [6, 6.07) is 7.62. The van der Waals surface area contributed by atoms with Crippen molar-refractivity contribution >= 4 is 35.1 Å². The first-order valence-electron chi connectivity index (χ1n) is 9.08. The molecule has 4 rings (SSSR count). The monoisotopic (exact) mass is 370 g/mol. The average Bonchev–Trinajstić information content (AvgIpc) is 3.11. The van der Waals surface area contributed by atoms with Gasteiger partial charge in [-0.15, -0.1) is 11.8 Å². The Bertz CT molecular complexity index is 842. The number of hydrogen-bond acceptors (Lipinski definition) is 4. The minimum atomic E-state index is -0.191. The molecule has 1 aromatic carbocycles. The molecule has 26 heavy (non-hydrogen) atoms. The van der Waals surface area contributed by atoms with Crippen molar-refractivity contribution in [3.63, 3.8) is 0 Å². The maximum atomic E-state index is 12.7. The minimum absolute atomic E-state index is 0.0320. The molecule has 1 aliphatic carbocycles. The molecule has 1 saturated carbocycles. The molecule has 0 saturated heterocycles. The zero-order valence-corrected chi connectivity index (χ0v) is 15.5. The number of nitrogens with zero attached hydrogens (tertiary/aromatic N) is 2. The number of rotatable bonds is 3. The summed E-state index contributed by atoms with van der Waals surface area (Å²) in [5.41, 5.74) is 1.22. The Morgan fingerprint density at radius 3 is 2.88 bits per heavy atom. The van der Waals surface area contributed by atoms with E-state index in [1.165, 1.54) is 31.0 Å². The third-order valence-electron chi connectivity index (χ3n) is 5.01. The van der Waals surface area contributed by atoms with Crippen LogP contribution >= 0.6 is 11.8 Å². The first-order chi connectivity index (χ1) is 12.6. The van der Waals surface area contributed by atoms with E-state index in [2.05, 4.69) is 15.7 Å². The van der Waals surface area contributed by atoms with Crippen LogP contribution in [-0.4, -0.2) is 26.8 Å². The molecule has 2 aliphatic rings. The van der Waals surface area contributed by atoms with Crippen molar-refractivity contribution < 1.29 is 9.59 Å².